The molecule has 0 aromatic heterocycles. The van der Waals surface area contributed by atoms with Crippen LogP contribution in [0.25, 0.3) is 0 Å². The van der Waals surface area contributed by atoms with Gasteiger partial charge in [-0.05, 0) is 32.8 Å². The Hall–Kier alpha value is -0.380. The topological polar surface area (TPSA) is 38.7 Å². The van der Waals surface area contributed by atoms with Gasteiger partial charge in [0, 0.05) is 13.2 Å². The van der Waals surface area contributed by atoms with Gasteiger partial charge >= 0.3 is 0 Å². The summed E-state index contributed by atoms with van der Waals surface area (Å²) >= 11 is 0. The summed E-state index contributed by atoms with van der Waals surface area (Å²) in [5.74, 6) is 0. The zero-order valence-electron chi connectivity index (χ0n) is 10.4. The largest absolute Gasteiger partial charge is 0.386 e. The van der Waals surface area contributed by atoms with Crippen molar-refractivity contribution in [2.45, 2.75) is 57.8 Å². The lowest BCUT2D eigenvalue weighted by molar-refractivity contribution is -0.105. The van der Waals surface area contributed by atoms with Gasteiger partial charge in [0.1, 0.15) is 0 Å². The molecular weight excluding hydrogens is 204 g/mol. The Bertz CT molecular complexity index is 201. The third kappa shape index (κ3) is 4.64. The lowest BCUT2D eigenvalue weighted by Gasteiger charge is -2.29. The van der Waals surface area contributed by atoms with Gasteiger partial charge in [-0.1, -0.05) is 25.3 Å². The highest BCUT2D eigenvalue weighted by Crippen LogP contribution is 2.29. The van der Waals surface area contributed by atoms with Crippen LogP contribution in [-0.2, 0) is 9.47 Å². The molecule has 0 bridgehead atoms. The molecule has 0 unspecified atom stereocenters. The fraction of sp³-hybridized carbons (Fsp3) is 0.846. The third-order valence-corrected chi connectivity index (χ3v) is 2.94. The van der Waals surface area contributed by atoms with E-state index < -0.39 is 5.60 Å². The van der Waals surface area contributed by atoms with Crippen LogP contribution in [0.5, 0.6) is 0 Å². The van der Waals surface area contributed by atoms with Crippen LogP contribution < -0.4 is 0 Å². The second-order valence-corrected chi connectivity index (χ2v) is 4.30. The first-order valence-corrected chi connectivity index (χ1v) is 6.35. The molecule has 1 aliphatic rings. The molecule has 0 saturated heterocycles. The Balaban J connectivity index is 2.47. The molecule has 0 amide bonds. The van der Waals surface area contributed by atoms with Crippen LogP contribution in [0.2, 0.25) is 0 Å². The van der Waals surface area contributed by atoms with E-state index in [1.165, 1.54) is 6.42 Å². The molecule has 3 nitrogen and oxygen atoms in total. The summed E-state index contributed by atoms with van der Waals surface area (Å²) < 4.78 is 10.8. The third-order valence-electron chi connectivity index (χ3n) is 2.94. The Morgan fingerprint density at radius 2 is 1.69 bits per heavy atom. The summed E-state index contributed by atoms with van der Waals surface area (Å²) in [4.78, 5) is 0. The standard InChI is InChI=1S/C13H24O3/c1-3-15-12(16-4-2)8-11-13(14)9-6-5-7-10-13/h8,11-12,14H,3-7,9-10H2,1-2H3/b11-8+. The fourth-order valence-electron chi connectivity index (χ4n) is 2.08. The van der Waals surface area contributed by atoms with E-state index in [0.29, 0.717) is 13.2 Å². The molecule has 0 aliphatic heterocycles. The summed E-state index contributed by atoms with van der Waals surface area (Å²) in [6.45, 7) is 5.12. The van der Waals surface area contributed by atoms with Crippen LogP contribution >= 0.6 is 0 Å². The van der Waals surface area contributed by atoms with Gasteiger partial charge in [0.2, 0.25) is 0 Å². The van der Waals surface area contributed by atoms with Crippen molar-refractivity contribution in [3.8, 4) is 0 Å². The second-order valence-electron chi connectivity index (χ2n) is 4.30. The molecule has 0 radical (unpaired) electrons. The van der Waals surface area contributed by atoms with Gasteiger partial charge < -0.3 is 14.6 Å². The summed E-state index contributed by atoms with van der Waals surface area (Å²) in [6.07, 6.45) is 8.55. The van der Waals surface area contributed by atoms with E-state index >= 15 is 0 Å². The predicted octanol–water partition coefficient (Wildman–Crippen LogP) is 2.64. The smallest absolute Gasteiger partial charge is 0.176 e. The molecule has 1 saturated carbocycles. The van der Waals surface area contributed by atoms with Crippen LogP contribution in [0.3, 0.4) is 0 Å². The number of rotatable bonds is 6. The van der Waals surface area contributed by atoms with Gasteiger partial charge in [-0.15, -0.1) is 0 Å². The first-order valence-electron chi connectivity index (χ1n) is 6.35. The quantitative estimate of drug-likeness (QED) is 0.561. The summed E-state index contributed by atoms with van der Waals surface area (Å²) in [5, 5.41) is 10.3. The van der Waals surface area contributed by atoms with Crippen LogP contribution in [0.4, 0.5) is 0 Å². The molecule has 0 aromatic carbocycles. The molecule has 0 heterocycles. The molecule has 94 valence electrons. The lowest BCUT2D eigenvalue weighted by atomic mass is 9.84. The van der Waals surface area contributed by atoms with Gasteiger partial charge in [0.15, 0.2) is 6.29 Å². The molecule has 0 atom stereocenters. The minimum absolute atomic E-state index is 0.319. The zero-order chi connectivity index (χ0) is 11.9. The Labute approximate surface area is 98.4 Å². The normalized spacial score (nSPS) is 20.8. The van der Waals surface area contributed by atoms with E-state index in [1.807, 2.05) is 26.0 Å². The molecule has 0 aromatic rings. The average Bonchev–Trinajstić information content (AvgIpc) is 2.28. The summed E-state index contributed by atoms with van der Waals surface area (Å²) in [7, 11) is 0. The SMILES string of the molecule is CCOC(/C=C/C1(O)CCCCC1)OCC. The fourth-order valence-corrected chi connectivity index (χ4v) is 2.08. The molecular formula is C13H24O3. The van der Waals surface area contributed by atoms with Crippen molar-refractivity contribution in [1.29, 1.82) is 0 Å². The van der Waals surface area contributed by atoms with Crippen molar-refractivity contribution >= 4 is 0 Å². The van der Waals surface area contributed by atoms with Gasteiger partial charge in [-0.25, -0.2) is 0 Å². The highest BCUT2D eigenvalue weighted by Gasteiger charge is 2.26. The second kappa shape index (κ2) is 7.05. The van der Waals surface area contributed by atoms with Crippen molar-refractivity contribution in [1.82, 2.24) is 0 Å². The van der Waals surface area contributed by atoms with E-state index in [0.717, 1.165) is 25.7 Å². The molecule has 16 heavy (non-hydrogen) atoms. The highest BCUT2D eigenvalue weighted by molar-refractivity contribution is 5.03. The summed E-state index contributed by atoms with van der Waals surface area (Å²) in [6, 6.07) is 0. The Morgan fingerprint density at radius 3 is 2.19 bits per heavy atom. The maximum absolute atomic E-state index is 10.3. The van der Waals surface area contributed by atoms with Crippen molar-refractivity contribution in [3.63, 3.8) is 0 Å². The molecule has 1 aliphatic carbocycles. The molecule has 1 N–H and O–H groups in total. The van der Waals surface area contributed by atoms with Crippen LogP contribution in [0.15, 0.2) is 12.2 Å². The predicted molar refractivity (Wildman–Crippen MR) is 64.2 cm³/mol. The first-order chi connectivity index (χ1) is 7.70. The maximum Gasteiger partial charge on any atom is 0.176 e. The van der Waals surface area contributed by atoms with Crippen molar-refractivity contribution < 1.29 is 14.6 Å². The first kappa shape index (κ1) is 13.7. The van der Waals surface area contributed by atoms with Crippen LogP contribution in [-0.4, -0.2) is 30.2 Å². The monoisotopic (exact) mass is 228 g/mol. The van der Waals surface area contributed by atoms with E-state index in [-0.39, 0.29) is 6.29 Å². The number of hydrogen-bond donors (Lipinski definition) is 1. The molecule has 3 heteroatoms. The van der Waals surface area contributed by atoms with Crippen molar-refractivity contribution in [3.05, 3.63) is 12.2 Å². The van der Waals surface area contributed by atoms with E-state index in [9.17, 15) is 5.11 Å². The van der Waals surface area contributed by atoms with E-state index in [4.69, 9.17) is 9.47 Å². The van der Waals surface area contributed by atoms with Gasteiger partial charge in [-0.3, -0.25) is 0 Å². The lowest BCUT2D eigenvalue weighted by Crippen LogP contribution is -2.29. The molecule has 0 spiro atoms. The van der Waals surface area contributed by atoms with E-state index in [2.05, 4.69) is 0 Å². The average molecular weight is 228 g/mol. The number of aliphatic hydroxyl groups is 1. The number of hydrogen-bond acceptors (Lipinski definition) is 3. The van der Waals surface area contributed by atoms with Crippen LogP contribution in [0, 0.1) is 0 Å². The van der Waals surface area contributed by atoms with Crippen molar-refractivity contribution in [2.24, 2.45) is 0 Å². The molecule has 1 rings (SSSR count). The minimum atomic E-state index is -0.634. The summed E-state index contributed by atoms with van der Waals surface area (Å²) in [5.41, 5.74) is -0.634. The molecule has 1 fully saturated rings. The van der Waals surface area contributed by atoms with Crippen LogP contribution in [0.1, 0.15) is 46.0 Å². The minimum Gasteiger partial charge on any atom is -0.386 e. The Kier molecular flexibility index (Phi) is 6.03. The number of ether oxygens (including phenoxy) is 2. The Morgan fingerprint density at radius 1 is 1.12 bits per heavy atom. The van der Waals surface area contributed by atoms with Gasteiger partial charge in [0.05, 0.1) is 5.60 Å². The maximum atomic E-state index is 10.3. The zero-order valence-corrected chi connectivity index (χ0v) is 10.4. The van der Waals surface area contributed by atoms with Gasteiger partial charge in [-0.2, -0.15) is 0 Å². The van der Waals surface area contributed by atoms with Gasteiger partial charge in [0.25, 0.3) is 0 Å². The van der Waals surface area contributed by atoms with E-state index in [1.54, 1.807) is 0 Å². The van der Waals surface area contributed by atoms with Crippen molar-refractivity contribution in [2.75, 3.05) is 13.2 Å². The highest BCUT2D eigenvalue weighted by atomic mass is 16.7.